The van der Waals surface area contributed by atoms with Gasteiger partial charge in [0.05, 0.1) is 6.07 Å². The summed E-state index contributed by atoms with van der Waals surface area (Å²) < 4.78 is 0. The summed E-state index contributed by atoms with van der Waals surface area (Å²) in [6.07, 6.45) is 3.97. The molecule has 1 aromatic carbocycles. The van der Waals surface area contributed by atoms with Gasteiger partial charge in [-0.25, -0.2) is 0 Å². The predicted molar refractivity (Wildman–Crippen MR) is 78.1 cm³/mol. The van der Waals surface area contributed by atoms with Crippen LogP contribution < -0.4 is 4.90 Å². The molecule has 0 unspecified atom stereocenters. The molecule has 1 aliphatic heterocycles. The molecule has 2 aliphatic rings. The lowest BCUT2D eigenvalue weighted by Crippen LogP contribution is -2.44. The lowest BCUT2D eigenvalue weighted by atomic mass is 9.91. The Morgan fingerprint density at radius 3 is 2.63 bits per heavy atom. The number of nitrogens with zero attached hydrogens (tertiary/aromatic N) is 3. The Bertz CT molecular complexity index is 546. The van der Waals surface area contributed by atoms with Gasteiger partial charge in [-0.1, -0.05) is 12.1 Å². The second-order valence-electron chi connectivity index (χ2n) is 5.42. The standard InChI is InChI=1S/C16H19N3/c1-18-7-9-19(10-8-18)16-4-2-3-14-6-5-13(12-17)11-15(14)16/h2-4,11H,5-10H2,1H3. The van der Waals surface area contributed by atoms with Crippen molar-refractivity contribution >= 4 is 11.8 Å². The van der Waals surface area contributed by atoms with Gasteiger partial charge in [0, 0.05) is 43.0 Å². The molecule has 19 heavy (non-hydrogen) atoms. The number of aryl methyl sites for hydroxylation is 1. The number of hydrogen-bond acceptors (Lipinski definition) is 3. The average Bonchev–Trinajstić information content (AvgIpc) is 2.47. The zero-order valence-corrected chi connectivity index (χ0v) is 11.4. The highest BCUT2D eigenvalue weighted by Gasteiger charge is 2.20. The molecule has 0 aromatic heterocycles. The SMILES string of the molecule is CN1CCN(c2cccc3c2C=C(C#N)CC3)CC1. The van der Waals surface area contributed by atoms with Crippen LogP contribution in [0.5, 0.6) is 0 Å². The molecule has 98 valence electrons. The largest absolute Gasteiger partial charge is 0.368 e. The van der Waals surface area contributed by atoms with Crippen LogP contribution in [0.4, 0.5) is 5.69 Å². The van der Waals surface area contributed by atoms with E-state index in [0.717, 1.165) is 44.6 Å². The third-order valence-electron chi connectivity index (χ3n) is 4.14. The van der Waals surface area contributed by atoms with Crippen LogP contribution in [-0.2, 0) is 6.42 Å². The summed E-state index contributed by atoms with van der Waals surface area (Å²) in [6.45, 7) is 4.36. The molecule has 1 aliphatic carbocycles. The van der Waals surface area contributed by atoms with Crippen molar-refractivity contribution < 1.29 is 0 Å². The minimum atomic E-state index is 0.885. The first-order valence-electron chi connectivity index (χ1n) is 6.94. The van der Waals surface area contributed by atoms with E-state index in [1.54, 1.807) is 0 Å². The molecular weight excluding hydrogens is 234 g/mol. The summed E-state index contributed by atoms with van der Waals surface area (Å²) >= 11 is 0. The molecule has 3 rings (SSSR count). The van der Waals surface area contributed by atoms with Gasteiger partial charge in [-0.3, -0.25) is 0 Å². The van der Waals surface area contributed by atoms with Crippen LogP contribution in [0.15, 0.2) is 23.8 Å². The Morgan fingerprint density at radius 1 is 1.11 bits per heavy atom. The first-order valence-corrected chi connectivity index (χ1v) is 6.94. The van der Waals surface area contributed by atoms with Crippen molar-refractivity contribution in [3.8, 4) is 6.07 Å². The maximum absolute atomic E-state index is 9.11. The van der Waals surface area contributed by atoms with Crippen LogP contribution in [-0.4, -0.2) is 38.1 Å². The van der Waals surface area contributed by atoms with Crippen LogP contribution in [0.3, 0.4) is 0 Å². The molecule has 1 fully saturated rings. The van der Waals surface area contributed by atoms with Crippen molar-refractivity contribution in [2.24, 2.45) is 0 Å². The molecule has 0 atom stereocenters. The van der Waals surface area contributed by atoms with Crippen LogP contribution >= 0.6 is 0 Å². The number of rotatable bonds is 1. The number of nitriles is 1. The zero-order chi connectivity index (χ0) is 13.2. The summed E-state index contributed by atoms with van der Waals surface area (Å²) in [7, 11) is 2.17. The number of piperazine rings is 1. The highest BCUT2D eigenvalue weighted by atomic mass is 15.2. The average molecular weight is 253 g/mol. The van der Waals surface area contributed by atoms with E-state index in [0.29, 0.717) is 0 Å². The van der Waals surface area contributed by atoms with Crippen LogP contribution in [0, 0.1) is 11.3 Å². The molecule has 3 nitrogen and oxygen atoms in total. The number of benzene rings is 1. The molecule has 0 bridgehead atoms. The number of hydrogen-bond donors (Lipinski definition) is 0. The van der Waals surface area contributed by atoms with Crippen molar-refractivity contribution in [2.45, 2.75) is 12.8 Å². The fourth-order valence-corrected chi connectivity index (χ4v) is 2.91. The van der Waals surface area contributed by atoms with E-state index in [1.807, 2.05) is 0 Å². The van der Waals surface area contributed by atoms with E-state index in [2.05, 4.69) is 47.2 Å². The molecule has 0 saturated carbocycles. The minimum absolute atomic E-state index is 0.885. The normalized spacial score (nSPS) is 19.6. The minimum Gasteiger partial charge on any atom is -0.368 e. The van der Waals surface area contributed by atoms with Gasteiger partial charge in [0.1, 0.15) is 0 Å². The van der Waals surface area contributed by atoms with E-state index < -0.39 is 0 Å². The zero-order valence-electron chi connectivity index (χ0n) is 11.4. The lowest BCUT2D eigenvalue weighted by molar-refractivity contribution is 0.313. The number of fused-ring (bicyclic) bond motifs is 1. The summed E-state index contributed by atoms with van der Waals surface area (Å²) in [5, 5.41) is 9.11. The third kappa shape index (κ3) is 2.36. The number of allylic oxidation sites excluding steroid dienone is 1. The van der Waals surface area contributed by atoms with Gasteiger partial charge in [0.25, 0.3) is 0 Å². The number of likely N-dealkylation sites (N-methyl/N-ethyl adjacent to an activating group) is 1. The summed E-state index contributed by atoms with van der Waals surface area (Å²) in [4.78, 5) is 4.82. The predicted octanol–water partition coefficient (Wildman–Crippen LogP) is 2.29. The second kappa shape index (κ2) is 5.07. The molecule has 1 heterocycles. The lowest BCUT2D eigenvalue weighted by Gasteiger charge is -2.35. The van der Waals surface area contributed by atoms with E-state index in [1.165, 1.54) is 16.8 Å². The maximum atomic E-state index is 9.11. The quantitative estimate of drug-likeness (QED) is 0.769. The summed E-state index contributed by atoms with van der Waals surface area (Å²) in [5.74, 6) is 0. The van der Waals surface area contributed by atoms with Crippen LogP contribution in [0.2, 0.25) is 0 Å². The van der Waals surface area contributed by atoms with E-state index in [4.69, 9.17) is 5.26 Å². The van der Waals surface area contributed by atoms with Gasteiger partial charge in [0.15, 0.2) is 0 Å². The van der Waals surface area contributed by atoms with Gasteiger partial charge in [0.2, 0.25) is 0 Å². The van der Waals surface area contributed by atoms with Gasteiger partial charge >= 0.3 is 0 Å². The van der Waals surface area contributed by atoms with E-state index in [9.17, 15) is 0 Å². The summed E-state index contributed by atoms with van der Waals surface area (Å²) in [6, 6.07) is 8.86. The number of anilines is 1. The Labute approximate surface area is 114 Å². The second-order valence-corrected chi connectivity index (χ2v) is 5.42. The third-order valence-corrected chi connectivity index (χ3v) is 4.14. The molecule has 0 spiro atoms. The van der Waals surface area contributed by atoms with Crippen molar-refractivity contribution in [2.75, 3.05) is 38.1 Å². The summed E-state index contributed by atoms with van der Waals surface area (Å²) in [5.41, 5.74) is 4.87. The Morgan fingerprint density at radius 2 is 1.89 bits per heavy atom. The molecule has 3 heteroatoms. The van der Waals surface area contributed by atoms with Crippen molar-refractivity contribution in [1.82, 2.24) is 4.90 Å². The molecule has 1 aromatic rings. The highest BCUT2D eigenvalue weighted by molar-refractivity contribution is 5.75. The molecule has 0 amide bonds. The van der Waals surface area contributed by atoms with Crippen LogP contribution in [0.25, 0.3) is 6.08 Å². The van der Waals surface area contributed by atoms with Crippen molar-refractivity contribution in [3.63, 3.8) is 0 Å². The highest BCUT2D eigenvalue weighted by Crippen LogP contribution is 2.32. The van der Waals surface area contributed by atoms with Crippen LogP contribution in [0.1, 0.15) is 17.5 Å². The van der Waals surface area contributed by atoms with Gasteiger partial charge < -0.3 is 9.80 Å². The first-order chi connectivity index (χ1) is 9.28. The Kier molecular flexibility index (Phi) is 3.27. The van der Waals surface area contributed by atoms with E-state index >= 15 is 0 Å². The Balaban J connectivity index is 1.96. The monoisotopic (exact) mass is 253 g/mol. The topological polar surface area (TPSA) is 30.3 Å². The molecule has 1 saturated heterocycles. The first kappa shape index (κ1) is 12.3. The van der Waals surface area contributed by atoms with Gasteiger partial charge in [-0.2, -0.15) is 5.26 Å². The van der Waals surface area contributed by atoms with Crippen molar-refractivity contribution in [3.05, 3.63) is 34.9 Å². The molecular formula is C16H19N3. The fourth-order valence-electron chi connectivity index (χ4n) is 2.91. The molecule has 0 N–H and O–H groups in total. The smallest absolute Gasteiger partial charge is 0.0947 e. The van der Waals surface area contributed by atoms with E-state index in [-0.39, 0.29) is 0 Å². The van der Waals surface area contributed by atoms with Crippen molar-refractivity contribution in [1.29, 1.82) is 5.26 Å². The van der Waals surface area contributed by atoms with Gasteiger partial charge in [-0.15, -0.1) is 0 Å². The maximum Gasteiger partial charge on any atom is 0.0947 e. The Hall–Kier alpha value is -1.79. The fraction of sp³-hybridized carbons (Fsp3) is 0.438. The van der Waals surface area contributed by atoms with Gasteiger partial charge in [-0.05, 0) is 37.6 Å². The molecule has 0 radical (unpaired) electrons.